The Labute approximate surface area is 177 Å². The predicted octanol–water partition coefficient (Wildman–Crippen LogP) is 1.93. The van der Waals surface area contributed by atoms with Crippen LogP contribution in [0.1, 0.15) is 30.5 Å². The lowest BCUT2D eigenvalue weighted by atomic mass is 10.0. The minimum Gasteiger partial charge on any atom is -0.349 e. The second kappa shape index (κ2) is 9.86. The van der Waals surface area contributed by atoms with Crippen LogP contribution in [0.25, 0.3) is 0 Å². The van der Waals surface area contributed by atoms with Crippen molar-refractivity contribution in [3.63, 3.8) is 0 Å². The Morgan fingerprint density at radius 2 is 1.50 bits per heavy atom. The fourth-order valence-corrected chi connectivity index (χ4v) is 5.09. The van der Waals surface area contributed by atoms with Gasteiger partial charge in [0, 0.05) is 33.1 Å². The lowest BCUT2D eigenvalue weighted by Crippen LogP contribution is -2.51. The topological polar surface area (TPSA) is 86.8 Å². The van der Waals surface area contributed by atoms with Crippen molar-refractivity contribution in [3.05, 3.63) is 71.8 Å². The van der Waals surface area contributed by atoms with Gasteiger partial charge >= 0.3 is 0 Å². The molecule has 1 atom stereocenters. The van der Waals surface area contributed by atoms with E-state index in [2.05, 4.69) is 5.32 Å². The Balaban J connectivity index is 1.58. The van der Waals surface area contributed by atoms with Gasteiger partial charge in [-0.15, -0.1) is 0 Å². The van der Waals surface area contributed by atoms with Crippen molar-refractivity contribution in [2.24, 2.45) is 0 Å². The zero-order valence-corrected chi connectivity index (χ0v) is 17.8. The molecule has 3 rings (SSSR count). The summed E-state index contributed by atoms with van der Waals surface area (Å²) < 4.78 is 26.8. The summed E-state index contributed by atoms with van der Waals surface area (Å²) in [4.78, 5) is 26.1. The first kappa shape index (κ1) is 22.0. The number of hydrogen-bond donors (Lipinski definition) is 1. The molecule has 2 amide bonds. The molecular formula is C22H27N3O4S. The maximum atomic E-state index is 12.8. The Hall–Kier alpha value is -2.71. The molecule has 0 saturated carbocycles. The minimum atomic E-state index is -3.43. The van der Waals surface area contributed by atoms with E-state index in [1.807, 2.05) is 48.5 Å². The van der Waals surface area contributed by atoms with Crippen LogP contribution in [0.15, 0.2) is 60.7 Å². The van der Waals surface area contributed by atoms with Crippen molar-refractivity contribution in [1.29, 1.82) is 0 Å². The molecule has 7 nitrogen and oxygen atoms in total. The van der Waals surface area contributed by atoms with E-state index in [-0.39, 0.29) is 37.1 Å². The molecule has 0 radical (unpaired) electrons. The van der Waals surface area contributed by atoms with Crippen LogP contribution >= 0.6 is 0 Å². The van der Waals surface area contributed by atoms with Gasteiger partial charge in [-0.2, -0.15) is 4.31 Å². The van der Waals surface area contributed by atoms with Crippen LogP contribution in [0, 0.1) is 0 Å². The summed E-state index contributed by atoms with van der Waals surface area (Å²) in [6.45, 7) is 2.66. The highest BCUT2D eigenvalue weighted by Gasteiger charge is 2.30. The molecule has 1 aliphatic rings. The van der Waals surface area contributed by atoms with Gasteiger partial charge in [0.2, 0.25) is 21.8 Å². The lowest BCUT2D eigenvalue weighted by Gasteiger charge is -2.34. The molecule has 1 heterocycles. The quantitative estimate of drug-likeness (QED) is 0.729. The van der Waals surface area contributed by atoms with Gasteiger partial charge in [0.1, 0.15) is 0 Å². The smallest absolute Gasteiger partial charge is 0.225 e. The van der Waals surface area contributed by atoms with Crippen LogP contribution in [-0.4, -0.2) is 55.6 Å². The molecular weight excluding hydrogens is 402 g/mol. The van der Waals surface area contributed by atoms with Gasteiger partial charge in [-0.3, -0.25) is 9.59 Å². The molecule has 1 aliphatic heterocycles. The number of piperazine rings is 1. The molecule has 1 fully saturated rings. The van der Waals surface area contributed by atoms with Gasteiger partial charge in [-0.25, -0.2) is 8.42 Å². The summed E-state index contributed by atoms with van der Waals surface area (Å²) in [5.74, 6) is -0.341. The fraction of sp³-hybridized carbons (Fsp3) is 0.364. The maximum Gasteiger partial charge on any atom is 0.225 e. The Morgan fingerprint density at radius 1 is 0.933 bits per heavy atom. The highest BCUT2D eigenvalue weighted by atomic mass is 32.2. The molecule has 8 heteroatoms. The SMILES string of the molecule is CC(=O)N[C@@H](CC(=O)N1CCN(S(=O)(=O)Cc2ccccc2)CC1)c1ccccc1. The highest BCUT2D eigenvalue weighted by Crippen LogP contribution is 2.20. The Kier molecular flexibility index (Phi) is 7.23. The zero-order valence-electron chi connectivity index (χ0n) is 17.0. The van der Waals surface area contributed by atoms with Crippen molar-refractivity contribution < 1.29 is 18.0 Å². The van der Waals surface area contributed by atoms with E-state index in [4.69, 9.17) is 0 Å². The number of sulfonamides is 1. The summed E-state index contributed by atoms with van der Waals surface area (Å²) in [7, 11) is -3.43. The van der Waals surface area contributed by atoms with Gasteiger partial charge in [0.25, 0.3) is 0 Å². The second-order valence-corrected chi connectivity index (χ2v) is 9.36. The van der Waals surface area contributed by atoms with Crippen molar-refractivity contribution in [3.8, 4) is 0 Å². The van der Waals surface area contributed by atoms with Crippen LogP contribution in [0.2, 0.25) is 0 Å². The summed E-state index contributed by atoms with van der Waals surface area (Å²) in [5, 5.41) is 2.83. The molecule has 0 aliphatic carbocycles. The molecule has 0 unspecified atom stereocenters. The number of rotatable bonds is 7. The maximum absolute atomic E-state index is 12.8. The molecule has 30 heavy (non-hydrogen) atoms. The summed E-state index contributed by atoms with van der Waals surface area (Å²) in [6, 6.07) is 18.0. The molecule has 1 saturated heterocycles. The third-order valence-corrected chi connectivity index (χ3v) is 6.98. The van der Waals surface area contributed by atoms with Crippen molar-refractivity contribution in [1.82, 2.24) is 14.5 Å². The molecule has 0 bridgehead atoms. The third-order valence-electron chi connectivity index (χ3n) is 5.13. The van der Waals surface area contributed by atoms with Crippen molar-refractivity contribution >= 4 is 21.8 Å². The van der Waals surface area contributed by atoms with E-state index in [0.29, 0.717) is 13.1 Å². The van der Waals surface area contributed by atoms with Crippen molar-refractivity contribution in [2.45, 2.75) is 25.1 Å². The zero-order chi connectivity index (χ0) is 21.6. The number of carbonyl (C=O) groups is 2. The van der Waals surface area contributed by atoms with Crippen LogP contribution in [0.5, 0.6) is 0 Å². The van der Waals surface area contributed by atoms with Gasteiger partial charge < -0.3 is 10.2 Å². The highest BCUT2D eigenvalue weighted by molar-refractivity contribution is 7.88. The van der Waals surface area contributed by atoms with Gasteiger partial charge in [-0.05, 0) is 11.1 Å². The number of carbonyl (C=O) groups excluding carboxylic acids is 2. The normalized spacial score (nSPS) is 16.1. The third kappa shape index (κ3) is 5.90. The summed E-state index contributed by atoms with van der Waals surface area (Å²) >= 11 is 0. The van der Waals surface area contributed by atoms with Crippen LogP contribution < -0.4 is 5.32 Å². The minimum absolute atomic E-state index is 0.0413. The van der Waals surface area contributed by atoms with Crippen molar-refractivity contribution in [2.75, 3.05) is 26.2 Å². The van der Waals surface area contributed by atoms with Crippen LogP contribution in [-0.2, 0) is 25.4 Å². The lowest BCUT2D eigenvalue weighted by molar-refractivity contribution is -0.133. The molecule has 2 aromatic carbocycles. The summed E-state index contributed by atoms with van der Waals surface area (Å²) in [5.41, 5.74) is 1.61. The first-order chi connectivity index (χ1) is 14.3. The molecule has 160 valence electrons. The molecule has 1 N–H and O–H groups in total. The van der Waals surface area contributed by atoms with E-state index >= 15 is 0 Å². The Morgan fingerprint density at radius 3 is 2.07 bits per heavy atom. The number of nitrogens with zero attached hydrogens (tertiary/aromatic N) is 2. The first-order valence-electron chi connectivity index (χ1n) is 9.97. The fourth-order valence-electron chi connectivity index (χ4n) is 3.58. The summed E-state index contributed by atoms with van der Waals surface area (Å²) in [6.07, 6.45) is 0.139. The van der Waals surface area contributed by atoms with Gasteiger partial charge in [-0.1, -0.05) is 60.7 Å². The molecule has 0 spiro atoms. The average molecular weight is 430 g/mol. The largest absolute Gasteiger partial charge is 0.349 e. The van der Waals surface area contributed by atoms with Crippen LogP contribution in [0.4, 0.5) is 0 Å². The second-order valence-electron chi connectivity index (χ2n) is 7.39. The molecule has 0 aromatic heterocycles. The first-order valence-corrected chi connectivity index (χ1v) is 11.6. The van der Waals surface area contributed by atoms with E-state index in [9.17, 15) is 18.0 Å². The monoisotopic (exact) mass is 429 g/mol. The van der Waals surface area contributed by atoms with E-state index in [1.165, 1.54) is 11.2 Å². The average Bonchev–Trinajstić information content (AvgIpc) is 2.74. The van der Waals surface area contributed by atoms with Crippen LogP contribution in [0.3, 0.4) is 0 Å². The molecule has 2 aromatic rings. The Bertz CT molecular complexity index is 956. The number of benzene rings is 2. The number of amides is 2. The number of hydrogen-bond acceptors (Lipinski definition) is 4. The predicted molar refractivity (Wildman–Crippen MR) is 115 cm³/mol. The van der Waals surface area contributed by atoms with E-state index < -0.39 is 16.1 Å². The number of nitrogens with one attached hydrogen (secondary N) is 1. The van der Waals surface area contributed by atoms with Gasteiger partial charge in [0.15, 0.2) is 0 Å². The van der Waals surface area contributed by atoms with E-state index in [0.717, 1.165) is 11.1 Å². The van der Waals surface area contributed by atoms with E-state index in [1.54, 1.807) is 17.0 Å². The van der Waals surface area contributed by atoms with Gasteiger partial charge in [0.05, 0.1) is 18.2 Å². The standard InChI is InChI=1S/C22H27N3O4S/c1-18(26)23-21(20-10-6-3-7-11-20)16-22(27)24-12-14-25(15-13-24)30(28,29)17-19-8-4-2-5-9-19/h2-11,21H,12-17H2,1H3,(H,23,26)/t21-/m0/s1.